The Hall–Kier alpha value is -2.52. The molecule has 4 N–H and O–H groups in total. The minimum atomic E-state index is -0.740. The number of nitrogens with one attached hydrogen (secondary N) is 1. The zero-order valence-corrected chi connectivity index (χ0v) is 16.2. The number of thiophene rings is 1. The number of aryl methyl sites for hydroxylation is 1. The highest BCUT2D eigenvalue weighted by atomic mass is 32.1. The Morgan fingerprint density at radius 1 is 1.44 bits per heavy atom. The maximum absolute atomic E-state index is 11.4. The topological polar surface area (TPSA) is 110 Å². The number of nitrogens with two attached hydrogens (primary N) is 1. The Morgan fingerprint density at radius 3 is 3.00 bits per heavy atom. The third kappa shape index (κ3) is 3.17. The van der Waals surface area contributed by atoms with Crippen LogP contribution in [0.1, 0.15) is 16.9 Å². The van der Waals surface area contributed by atoms with E-state index in [4.69, 9.17) is 10.5 Å². The van der Waals surface area contributed by atoms with Gasteiger partial charge in [-0.2, -0.15) is 0 Å². The zero-order chi connectivity index (χ0) is 19.1. The maximum Gasteiger partial charge on any atom is 0.306 e. The van der Waals surface area contributed by atoms with Crippen LogP contribution in [0.3, 0.4) is 0 Å². The number of hydrogen-bond donors (Lipinski definition) is 4. The van der Waals surface area contributed by atoms with Gasteiger partial charge in [-0.05, 0) is 30.9 Å². The van der Waals surface area contributed by atoms with E-state index in [1.54, 1.807) is 30.6 Å². The van der Waals surface area contributed by atoms with Crippen molar-refractivity contribution < 1.29 is 14.6 Å². The lowest BCUT2D eigenvalue weighted by molar-refractivity contribution is -0.142. The predicted octanol–water partition coefficient (Wildman–Crippen LogP) is 3.50. The number of rotatable bonds is 4. The van der Waals surface area contributed by atoms with Crippen molar-refractivity contribution in [3.8, 4) is 5.75 Å². The summed E-state index contributed by atoms with van der Waals surface area (Å²) in [4.78, 5) is 22.7. The van der Waals surface area contributed by atoms with Crippen LogP contribution in [0.15, 0.2) is 23.4 Å². The first kappa shape index (κ1) is 17.9. The van der Waals surface area contributed by atoms with Gasteiger partial charge < -0.3 is 20.9 Å². The van der Waals surface area contributed by atoms with Crippen LogP contribution in [0.25, 0.3) is 10.2 Å². The number of fused-ring (bicyclic) bond motifs is 3. The van der Waals surface area contributed by atoms with Crippen LogP contribution in [0.2, 0.25) is 0 Å². The number of nitrogens with zero attached hydrogens (tertiary/aromatic N) is 2. The van der Waals surface area contributed by atoms with Gasteiger partial charge in [-0.1, -0.05) is 0 Å². The van der Waals surface area contributed by atoms with Crippen LogP contribution in [0.5, 0.6) is 5.75 Å². The molecule has 3 aromatic rings. The molecule has 2 aromatic heterocycles. The van der Waals surface area contributed by atoms with E-state index in [2.05, 4.69) is 27.9 Å². The van der Waals surface area contributed by atoms with Crippen molar-refractivity contribution in [1.29, 1.82) is 0 Å². The number of thiol groups is 1. The molecule has 1 unspecified atom stereocenters. The molecule has 1 aromatic carbocycles. The van der Waals surface area contributed by atoms with Gasteiger partial charge in [0.1, 0.15) is 22.7 Å². The fraction of sp³-hybridized carbons (Fsp3) is 0.278. The first-order chi connectivity index (χ1) is 13.0. The molecule has 0 bridgehead atoms. The molecular weight excluding hydrogens is 384 g/mol. The summed E-state index contributed by atoms with van der Waals surface area (Å²) in [5.41, 5.74) is 8.27. The smallest absolute Gasteiger partial charge is 0.306 e. The number of methoxy groups -OCH3 is 1. The number of aliphatic carboxylic acids is 1. The number of ether oxygens (including phenoxy) is 1. The molecule has 0 radical (unpaired) electrons. The minimum Gasteiger partial charge on any atom is -0.494 e. The SMILES string of the molecule is COc1cc(N)c(S)cc1Nc1ncnc2sc3c(c12)CCC(C(=O)O)C3. The number of carboxylic acids is 1. The van der Waals surface area contributed by atoms with Crippen molar-refractivity contribution >= 4 is 57.3 Å². The first-order valence-electron chi connectivity index (χ1n) is 8.39. The third-order valence-electron chi connectivity index (χ3n) is 4.80. The summed E-state index contributed by atoms with van der Waals surface area (Å²) >= 11 is 5.92. The molecule has 2 heterocycles. The van der Waals surface area contributed by atoms with Crippen LogP contribution in [-0.4, -0.2) is 28.2 Å². The number of hydrogen-bond acceptors (Lipinski definition) is 8. The van der Waals surface area contributed by atoms with Crippen LogP contribution >= 0.6 is 24.0 Å². The highest BCUT2D eigenvalue weighted by Crippen LogP contribution is 2.41. The molecule has 4 rings (SSSR count). The Bertz CT molecular complexity index is 1050. The average molecular weight is 403 g/mol. The zero-order valence-electron chi connectivity index (χ0n) is 14.5. The summed E-state index contributed by atoms with van der Waals surface area (Å²) in [6.45, 7) is 0. The molecule has 0 amide bonds. The second kappa shape index (κ2) is 6.90. The van der Waals surface area contributed by atoms with Crippen LogP contribution in [0.4, 0.5) is 17.2 Å². The van der Waals surface area contributed by atoms with E-state index in [0.29, 0.717) is 47.1 Å². The summed E-state index contributed by atoms with van der Waals surface area (Å²) in [5.74, 6) is 0.184. The van der Waals surface area contributed by atoms with Crippen molar-refractivity contribution in [3.05, 3.63) is 28.9 Å². The molecule has 1 aliphatic rings. The lowest BCUT2D eigenvalue weighted by Gasteiger charge is -2.19. The predicted molar refractivity (Wildman–Crippen MR) is 109 cm³/mol. The monoisotopic (exact) mass is 402 g/mol. The van der Waals surface area contributed by atoms with E-state index in [-0.39, 0.29) is 5.92 Å². The molecule has 9 heteroatoms. The van der Waals surface area contributed by atoms with Crippen LogP contribution < -0.4 is 15.8 Å². The molecule has 27 heavy (non-hydrogen) atoms. The van der Waals surface area contributed by atoms with Gasteiger partial charge in [0.15, 0.2) is 0 Å². The quantitative estimate of drug-likeness (QED) is 0.390. The summed E-state index contributed by atoms with van der Waals surface area (Å²) in [7, 11) is 1.58. The van der Waals surface area contributed by atoms with E-state index in [9.17, 15) is 9.90 Å². The maximum atomic E-state index is 11.4. The highest BCUT2D eigenvalue weighted by Gasteiger charge is 2.29. The Balaban J connectivity index is 1.78. The van der Waals surface area contributed by atoms with Crippen molar-refractivity contribution in [2.75, 3.05) is 18.2 Å². The standard InChI is InChI=1S/C18H18N4O3S2/c1-25-12-5-10(19)13(26)6-11(12)22-16-15-9-3-2-8(18(23)24)4-14(9)27-17(15)21-7-20-16/h5-8,26H,2-4,19H2,1H3,(H,23,24)(H,20,21,22). The number of aromatic nitrogens is 2. The van der Waals surface area contributed by atoms with E-state index >= 15 is 0 Å². The first-order valence-corrected chi connectivity index (χ1v) is 9.65. The third-order valence-corrected chi connectivity index (χ3v) is 6.35. The van der Waals surface area contributed by atoms with E-state index in [1.807, 2.05) is 0 Å². The van der Waals surface area contributed by atoms with Crippen LogP contribution in [-0.2, 0) is 17.6 Å². The summed E-state index contributed by atoms with van der Waals surface area (Å²) < 4.78 is 5.42. The van der Waals surface area contributed by atoms with Gasteiger partial charge in [-0.25, -0.2) is 9.97 Å². The Morgan fingerprint density at radius 2 is 2.26 bits per heavy atom. The van der Waals surface area contributed by atoms with E-state index in [0.717, 1.165) is 20.7 Å². The van der Waals surface area contributed by atoms with Crippen LogP contribution in [0, 0.1) is 5.92 Å². The van der Waals surface area contributed by atoms with Gasteiger partial charge in [0.25, 0.3) is 0 Å². The Labute approximate surface area is 165 Å². The molecule has 7 nitrogen and oxygen atoms in total. The molecule has 0 spiro atoms. The molecule has 1 atom stereocenters. The average Bonchev–Trinajstić information content (AvgIpc) is 3.03. The fourth-order valence-corrected chi connectivity index (χ4v) is 4.85. The Kier molecular flexibility index (Phi) is 4.56. The number of nitrogen functional groups attached to an aromatic ring is 1. The number of benzene rings is 1. The fourth-order valence-electron chi connectivity index (χ4n) is 3.39. The number of anilines is 3. The van der Waals surface area contributed by atoms with Gasteiger partial charge in [0.2, 0.25) is 0 Å². The van der Waals surface area contributed by atoms with E-state index < -0.39 is 5.97 Å². The lowest BCUT2D eigenvalue weighted by Crippen LogP contribution is -2.21. The van der Waals surface area contributed by atoms with Gasteiger partial charge >= 0.3 is 5.97 Å². The molecule has 0 fully saturated rings. The van der Waals surface area contributed by atoms with Crippen molar-refractivity contribution in [1.82, 2.24) is 9.97 Å². The molecule has 0 saturated heterocycles. The molecular formula is C18H18N4O3S2. The summed E-state index contributed by atoms with van der Waals surface area (Å²) in [6.07, 6.45) is 3.36. The normalized spacial score (nSPS) is 16.1. The molecule has 0 aliphatic heterocycles. The summed E-state index contributed by atoms with van der Waals surface area (Å²) in [6, 6.07) is 3.51. The van der Waals surface area contributed by atoms with Crippen molar-refractivity contribution in [3.63, 3.8) is 0 Å². The van der Waals surface area contributed by atoms with Gasteiger partial charge in [-0.15, -0.1) is 24.0 Å². The van der Waals surface area contributed by atoms with Gasteiger partial charge in [0.05, 0.1) is 24.1 Å². The molecule has 140 valence electrons. The molecule has 0 saturated carbocycles. The van der Waals surface area contributed by atoms with Gasteiger partial charge in [-0.3, -0.25) is 4.79 Å². The number of carboxylic acid groups (broad SMARTS) is 1. The second-order valence-electron chi connectivity index (χ2n) is 6.42. The molecule has 1 aliphatic carbocycles. The van der Waals surface area contributed by atoms with E-state index in [1.165, 1.54) is 6.33 Å². The van der Waals surface area contributed by atoms with Crippen molar-refractivity contribution in [2.45, 2.75) is 24.2 Å². The second-order valence-corrected chi connectivity index (χ2v) is 7.99. The summed E-state index contributed by atoms with van der Waals surface area (Å²) in [5, 5.41) is 13.6. The van der Waals surface area contributed by atoms with Crippen molar-refractivity contribution in [2.24, 2.45) is 5.92 Å². The lowest BCUT2D eigenvalue weighted by atomic mass is 9.88. The minimum absolute atomic E-state index is 0.334. The number of carbonyl (C=O) groups is 1. The van der Waals surface area contributed by atoms with Gasteiger partial charge in [0, 0.05) is 21.5 Å². The highest BCUT2D eigenvalue weighted by molar-refractivity contribution is 7.80. The largest absolute Gasteiger partial charge is 0.494 e.